The van der Waals surface area contributed by atoms with Crippen LogP contribution in [0.2, 0.25) is 0 Å². The number of fused-ring (bicyclic) bond motifs is 4. The molecule has 1 amide bonds. The van der Waals surface area contributed by atoms with Gasteiger partial charge in [-0.25, -0.2) is 0 Å². The number of carbonyl (C=O) groups is 1. The van der Waals surface area contributed by atoms with Gasteiger partial charge in [-0.1, -0.05) is 23.5 Å². The number of piperidine rings is 1. The lowest BCUT2D eigenvalue weighted by Gasteiger charge is -2.46. The van der Waals surface area contributed by atoms with Gasteiger partial charge < -0.3 is 10.2 Å². The predicted molar refractivity (Wildman–Crippen MR) is 109 cm³/mol. The summed E-state index contributed by atoms with van der Waals surface area (Å²) in [5, 5.41) is 14.1. The van der Waals surface area contributed by atoms with Gasteiger partial charge in [-0.15, -0.1) is 21.5 Å². The molecule has 1 N–H and O–H groups in total. The van der Waals surface area contributed by atoms with E-state index >= 15 is 0 Å². The normalized spacial score (nSPS) is 23.3. The second kappa shape index (κ2) is 7.14. The summed E-state index contributed by atoms with van der Waals surface area (Å²) in [6.07, 6.45) is 0.899. The van der Waals surface area contributed by atoms with Crippen molar-refractivity contribution in [1.29, 1.82) is 0 Å². The molecule has 5 rings (SSSR count). The van der Waals surface area contributed by atoms with E-state index < -0.39 is 6.04 Å². The minimum absolute atomic E-state index is 0.0542. The number of thiophene rings is 1. The molecule has 0 saturated carbocycles. The van der Waals surface area contributed by atoms with Crippen molar-refractivity contribution >= 4 is 33.7 Å². The van der Waals surface area contributed by atoms with Gasteiger partial charge in [0, 0.05) is 41.6 Å². The fraction of sp³-hybridized carbons (Fsp3) is 0.368. The van der Waals surface area contributed by atoms with E-state index in [1.807, 2.05) is 23.6 Å². The first-order valence-corrected chi connectivity index (χ1v) is 11.0. The number of hydrogen-bond acceptors (Lipinski definition) is 7. The van der Waals surface area contributed by atoms with Crippen molar-refractivity contribution in [2.24, 2.45) is 5.92 Å². The predicted octanol–water partition coefficient (Wildman–Crippen LogP) is 2.24. The van der Waals surface area contributed by atoms with Crippen molar-refractivity contribution in [1.82, 2.24) is 20.1 Å². The van der Waals surface area contributed by atoms with Gasteiger partial charge in [0.25, 0.3) is 5.56 Å². The van der Waals surface area contributed by atoms with Gasteiger partial charge in [0.2, 0.25) is 11.0 Å². The van der Waals surface area contributed by atoms with Gasteiger partial charge in [-0.2, -0.15) is 0 Å². The van der Waals surface area contributed by atoms with Crippen LogP contribution in [0.5, 0.6) is 0 Å². The summed E-state index contributed by atoms with van der Waals surface area (Å²) in [5.74, 6) is 0.169. The van der Waals surface area contributed by atoms with E-state index in [-0.39, 0.29) is 23.3 Å². The SMILES string of the molecule is O=C(NCc1cccs1)[C@H]1[C@H]2C[C@H](CN(c3nncs3)C2)c2cccc(=O)n21. The molecule has 3 aromatic heterocycles. The Balaban J connectivity index is 1.49. The fourth-order valence-electron chi connectivity index (χ4n) is 4.42. The number of anilines is 1. The van der Waals surface area contributed by atoms with Gasteiger partial charge in [0.05, 0.1) is 6.54 Å². The highest BCUT2D eigenvalue weighted by Gasteiger charge is 2.44. The molecule has 1 saturated heterocycles. The first-order valence-electron chi connectivity index (χ1n) is 9.23. The molecule has 7 nitrogen and oxygen atoms in total. The monoisotopic (exact) mass is 413 g/mol. The molecule has 3 aromatic rings. The van der Waals surface area contributed by atoms with Crippen LogP contribution in [0.25, 0.3) is 0 Å². The van der Waals surface area contributed by atoms with Crippen molar-refractivity contribution < 1.29 is 4.79 Å². The smallest absolute Gasteiger partial charge is 0.251 e. The Morgan fingerprint density at radius 3 is 2.93 bits per heavy atom. The number of hydrogen-bond donors (Lipinski definition) is 1. The zero-order chi connectivity index (χ0) is 19.1. The van der Waals surface area contributed by atoms with Crippen LogP contribution >= 0.6 is 22.7 Å². The first kappa shape index (κ1) is 17.6. The summed E-state index contributed by atoms with van der Waals surface area (Å²) in [7, 11) is 0. The van der Waals surface area contributed by atoms with E-state index in [0.29, 0.717) is 13.1 Å². The lowest BCUT2D eigenvalue weighted by atomic mass is 9.78. The highest BCUT2D eigenvalue weighted by molar-refractivity contribution is 7.13. The third-order valence-electron chi connectivity index (χ3n) is 5.55. The lowest BCUT2D eigenvalue weighted by molar-refractivity contribution is -0.127. The number of pyridine rings is 1. The van der Waals surface area contributed by atoms with Gasteiger partial charge in [0.1, 0.15) is 11.6 Å². The highest BCUT2D eigenvalue weighted by atomic mass is 32.1. The number of rotatable bonds is 4. The second-order valence-corrected chi connectivity index (χ2v) is 9.06. The summed E-state index contributed by atoms with van der Waals surface area (Å²) in [5.41, 5.74) is 2.56. The van der Waals surface area contributed by atoms with E-state index in [9.17, 15) is 9.59 Å². The van der Waals surface area contributed by atoms with E-state index in [0.717, 1.165) is 28.7 Å². The Kier molecular flexibility index (Phi) is 4.48. The van der Waals surface area contributed by atoms with Crippen LogP contribution in [0.15, 0.2) is 46.0 Å². The molecule has 2 aliphatic heterocycles. The minimum atomic E-state index is -0.504. The molecule has 0 aromatic carbocycles. The summed E-state index contributed by atoms with van der Waals surface area (Å²) in [6, 6.07) is 8.78. The van der Waals surface area contributed by atoms with E-state index in [4.69, 9.17) is 0 Å². The van der Waals surface area contributed by atoms with Gasteiger partial charge in [-0.05, 0) is 23.9 Å². The first-order chi connectivity index (χ1) is 13.7. The van der Waals surface area contributed by atoms with Crippen molar-refractivity contribution in [2.45, 2.75) is 24.9 Å². The van der Waals surface area contributed by atoms with E-state index in [1.165, 1.54) is 11.3 Å². The quantitative estimate of drug-likeness (QED) is 0.710. The van der Waals surface area contributed by atoms with Crippen molar-refractivity contribution in [3.63, 3.8) is 0 Å². The molecule has 9 heteroatoms. The average molecular weight is 414 g/mol. The Hall–Kier alpha value is -2.52. The number of nitrogens with one attached hydrogen (secondary N) is 1. The number of aromatic nitrogens is 3. The molecule has 144 valence electrons. The Bertz CT molecular complexity index is 1030. The zero-order valence-electron chi connectivity index (χ0n) is 15.0. The summed E-state index contributed by atoms with van der Waals surface area (Å²) in [6.45, 7) is 1.97. The minimum Gasteiger partial charge on any atom is -0.349 e. The maximum atomic E-state index is 13.2. The molecule has 1 fully saturated rings. The highest BCUT2D eigenvalue weighted by Crippen LogP contribution is 2.42. The molecule has 5 heterocycles. The maximum absolute atomic E-state index is 13.2. The van der Waals surface area contributed by atoms with Crippen LogP contribution < -0.4 is 15.8 Å². The van der Waals surface area contributed by atoms with Crippen LogP contribution in [0.1, 0.15) is 29.0 Å². The number of amides is 1. The van der Waals surface area contributed by atoms with E-state index in [2.05, 4.69) is 20.4 Å². The summed E-state index contributed by atoms with van der Waals surface area (Å²) in [4.78, 5) is 29.2. The molecule has 0 aliphatic carbocycles. The Labute approximate surface area is 169 Å². The maximum Gasteiger partial charge on any atom is 0.251 e. The topological polar surface area (TPSA) is 80.1 Å². The molecular formula is C19H19N5O2S2. The lowest BCUT2D eigenvalue weighted by Crippen LogP contribution is -2.53. The van der Waals surface area contributed by atoms with Gasteiger partial charge >= 0.3 is 0 Å². The Morgan fingerprint density at radius 1 is 1.21 bits per heavy atom. The fourth-order valence-corrected chi connectivity index (χ4v) is 5.65. The number of carbonyl (C=O) groups excluding carboxylic acids is 1. The van der Waals surface area contributed by atoms with Gasteiger partial charge in [-0.3, -0.25) is 14.2 Å². The molecular weight excluding hydrogens is 394 g/mol. The third-order valence-corrected chi connectivity index (χ3v) is 7.18. The zero-order valence-corrected chi connectivity index (χ0v) is 16.7. The second-order valence-electron chi connectivity index (χ2n) is 7.22. The molecule has 0 radical (unpaired) electrons. The Morgan fingerprint density at radius 2 is 2.14 bits per heavy atom. The van der Waals surface area contributed by atoms with E-state index in [1.54, 1.807) is 33.5 Å². The molecule has 2 aliphatic rings. The van der Waals surface area contributed by atoms with Crippen LogP contribution in [-0.2, 0) is 11.3 Å². The average Bonchev–Trinajstić information content (AvgIpc) is 3.41. The summed E-state index contributed by atoms with van der Waals surface area (Å²) >= 11 is 3.12. The largest absolute Gasteiger partial charge is 0.349 e. The number of nitrogens with zero attached hydrogens (tertiary/aromatic N) is 4. The van der Waals surface area contributed by atoms with Crippen molar-refractivity contribution in [3.05, 3.63) is 62.1 Å². The van der Waals surface area contributed by atoms with Crippen LogP contribution in [0.3, 0.4) is 0 Å². The molecule has 3 atom stereocenters. The third kappa shape index (κ3) is 3.04. The molecule has 0 spiro atoms. The van der Waals surface area contributed by atoms with Crippen LogP contribution in [0, 0.1) is 5.92 Å². The van der Waals surface area contributed by atoms with Crippen LogP contribution in [0.4, 0.5) is 5.13 Å². The van der Waals surface area contributed by atoms with Crippen molar-refractivity contribution in [2.75, 3.05) is 18.0 Å². The van der Waals surface area contributed by atoms with Gasteiger partial charge in [0.15, 0.2) is 0 Å². The standard InChI is InChI=1S/C19H19N5O2S2/c25-16-5-1-4-15-12-7-13(10-23(9-12)19-22-21-11-28-19)17(24(15)16)18(26)20-8-14-3-2-6-27-14/h1-6,11-13,17H,7-10H2,(H,20,26)/t12-,13+,17-/m1/s1. The molecule has 28 heavy (non-hydrogen) atoms. The molecule has 2 bridgehead atoms. The van der Waals surface area contributed by atoms with Crippen LogP contribution in [-0.4, -0.2) is 33.8 Å². The summed E-state index contributed by atoms with van der Waals surface area (Å²) < 4.78 is 1.72. The van der Waals surface area contributed by atoms with Crippen molar-refractivity contribution in [3.8, 4) is 0 Å². The molecule has 0 unspecified atom stereocenters.